The monoisotopic (exact) mass is 362 g/mol. The third kappa shape index (κ3) is 6.15. The molecule has 0 bridgehead atoms. The van der Waals surface area contributed by atoms with Crippen LogP contribution in [0.3, 0.4) is 0 Å². The summed E-state index contributed by atoms with van der Waals surface area (Å²) in [6.45, 7) is 0.0455. The van der Waals surface area contributed by atoms with Crippen LogP contribution in [0.15, 0.2) is 30.3 Å². The van der Waals surface area contributed by atoms with Gasteiger partial charge in [0.1, 0.15) is 12.6 Å². The first-order chi connectivity index (χ1) is 12.5. The molecule has 1 aromatic carbocycles. The lowest BCUT2D eigenvalue weighted by atomic mass is 10.00. The number of nitrogens with zero attached hydrogens (tertiary/aromatic N) is 1. The van der Waals surface area contributed by atoms with Gasteiger partial charge in [-0.05, 0) is 31.2 Å². The Morgan fingerprint density at radius 1 is 1.15 bits per heavy atom. The summed E-state index contributed by atoms with van der Waals surface area (Å²) in [4.78, 5) is 36.6. The molecular weight excluding hydrogens is 336 g/mol. The summed E-state index contributed by atoms with van der Waals surface area (Å²) in [7, 11) is 0. The van der Waals surface area contributed by atoms with Gasteiger partial charge in [-0.2, -0.15) is 0 Å². The molecule has 0 aliphatic carbocycles. The molecule has 1 aliphatic rings. The molecule has 0 aromatic heterocycles. The van der Waals surface area contributed by atoms with Crippen LogP contribution in [0.4, 0.5) is 0 Å². The molecule has 1 saturated heterocycles. The minimum atomic E-state index is -1.06. The Morgan fingerprint density at radius 2 is 1.88 bits per heavy atom. The van der Waals surface area contributed by atoms with Crippen LogP contribution in [0, 0.1) is 0 Å². The summed E-state index contributed by atoms with van der Waals surface area (Å²) < 4.78 is 0. The Labute approximate surface area is 153 Å². The maximum Gasteiger partial charge on any atom is 0.323 e. The van der Waals surface area contributed by atoms with E-state index < -0.39 is 24.0 Å². The molecular formula is C19H26N2O5. The second-order valence-corrected chi connectivity index (χ2v) is 6.64. The average molecular weight is 362 g/mol. The zero-order valence-electron chi connectivity index (χ0n) is 14.8. The van der Waals surface area contributed by atoms with E-state index >= 15 is 0 Å². The largest absolute Gasteiger partial charge is 0.480 e. The Hall–Kier alpha value is -2.41. The molecule has 3 N–H and O–H groups in total. The predicted molar refractivity (Wildman–Crippen MR) is 95.8 cm³/mol. The Balaban J connectivity index is 2.02. The first-order valence-corrected chi connectivity index (χ1v) is 9.00. The number of aryl methyl sites for hydroxylation is 1. The highest BCUT2D eigenvalue weighted by molar-refractivity contribution is 5.86. The van der Waals surface area contributed by atoms with E-state index in [1.165, 1.54) is 4.90 Å². The first kappa shape index (κ1) is 19.9. The van der Waals surface area contributed by atoms with Crippen LogP contribution in [0.1, 0.15) is 37.7 Å². The third-order valence-electron chi connectivity index (χ3n) is 4.62. The molecule has 2 atom stereocenters. The summed E-state index contributed by atoms with van der Waals surface area (Å²) in [6.07, 6.45) is 3.94. The smallest absolute Gasteiger partial charge is 0.323 e. The number of hydrogen-bond donors (Lipinski definition) is 3. The van der Waals surface area contributed by atoms with E-state index in [0.717, 1.165) is 24.8 Å². The van der Waals surface area contributed by atoms with Crippen molar-refractivity contribution in [1.82, 2.24) is 10.2 Å². The van der Waals surface area contributed by atoms with Crippen molar-refractivity contribution in [3.8, 4) is 0 Å². The molecule has 1 heterocycles. The van der Waals surface area contributed by atoms with Gasteiger partial charge in [-0.15, -0.1) is 0 Å². The van der Waals surface area contributed by atoms with E-state index in [4.69, 9.17) is 5.11 Å². The fourth-order valence-electron chi connectivity index (χ4n) is 3.23. The molecule has 1 amide bonds. The van der Waals surface area contributed by atoms with Crippen molar-refractivity contribution < 1.29 is 24.6 Å². The van der Waals surface area contributed by atoms with E-state index in [-0.39, 0.29) is 12.5 Å². The lowest BCUT2D eigenvalue weighted by Crippen LogP contribution is -2.53. The fourth-order valence-corrected chi connectivity index (χ4v) is 3.23. The van der Waals surface area contributed by atoms with Crippen molar-refractivity contribution in [3.63, 3.8) is 0 Å². The number of rotatable bonds is 8. The zero-order valence-corrected chi connectivity index (χ0v) is 14.8. The van der Waals surface area contributed by atoms with Crippen LogP contribution < -0.4 is 5.32 Å². The summed E-state index contributed by atoms with van der Waals surface area (Å²) >= 11 is 0. The van der Waals surface area contributed by atoms with Crippen molar-refractivity contribution >= 4 is 17.8 Å². The van der Waals surface area contributed by atoms with Gasteiger partial charge in [0.15, 0.2) is 0 Å². The second-order valence-electron chi connectivity index (χ2n) is 6.64. The lowest BCUT2D eigenvalue weighted by molar-refractivity contribution is -0.147. The van der Waals surface area contributed by atoms with Crippen LogP contribution in [-0.4, -0.2) is 58.1 Å². The van der Waals surface area contributed by atoms with Crippen LogP contribution in [0.25, 0.3) is 0 Å². The minimum Gasteiger partial charge on any atom is -0.480 e. The van der Waals surface area contributed by atoms with Crippen LogP contribution >= 0.6 is 0 Å². The molecule has 2 rings (SSSR count). The number of carboxylic acid groups (broad SMARTS) is 2. The normalized spacial score (nSPS) is 19.5. The van der Waals surface area contributed by atoms with Gasteiger partial charge in [0.2, 0.25) is 5.91 Å². The highest BCUT2D eigenvalue weighted by atomic mass is 16.4. The quantitative estimate of drug-likeness (QED) is 0.647. The molecule has 1 aromatic rings. The van der Waals surface area contributed by atoms with Crippen molar-refractivity contribution in [1.29, 1.82) is 0 Å². The molecule has 2 unspecified atom stereocenters. The molecule has 1 fully saturated rings. The average Bonchev–Trinajstić information content (AvgIpc) is 2.60. The molecule has 0 spiro atoms. The number of nitrogens with one attached hydrogen (secondary N) is 1. The first-order valence-electron chi connectivity index (χ1n) is 9.00. The number of carboxylic acids is 2. The third-order valence-corrected chi connectivity index (χ3v) is 4.62. The SMILES string of the molecule is O=C(O)CN1CCCCCC(NC(CCc2ccccc2)C(=O)O)C1=O. The summed E-state index contributed by atoms with van der Waals surface area (Å²) in [6, 6.07) is 8.08. The molecule has 26 heavy (non-hydrogen) atoms. The van der Waals surface area contributed by atoms with Crippen molar-refractivity contribution in [2.24, 2.45) is 0 Å². The highest BCUT2D eigenvalue weighted by Gasteiger charge is 2.30. The second kappa shape index (κ2) is 9.91. The number of hydrogen-bond acceptors (Lipinski definition) is 4. The topological polar surface area (TPSA) is 107 Å². The molecule has 7 nitrogen and oxygen atoms in total. The molecule has 142 valence electrons. The van der Waals surface area contributed by atoms with E-state index in [1.54, 1.807) is 0 Å². The van der Waals surface area contributed by atoms with Crippen molar-refractivity contribution in [3.05, 3.63) is 35.9 Å². The van der Waals surface area contributed by atoms with Gasteiger partial charge in [0, 0.05) is 6.54 Å². The summed E-state index contributed by atoms with van der Waals surface area (Å²) in [5.74, 6) is -2.38. The Kier molecular flexibility index (Phi) is 7.59. The molecule has 0 saturated carbocycles. The van der Waals surface area contributed by atoms with E-state index in [9.17, 15) is 19.5 Å². The number of amides is 1. The Morgan fingerprint density at radius 3 is 2.54 bits per heavy atom. The van der Waals surface area contributed by atoms with E-state index in [2.05, 4.69) is 5.32 Å². The van der Waals surface area contributed by atoms with Crippen LogP contribution in [0.5, 0.6) is 0 Å². The van der Waals surface area contributed by atoms with Crippen LogP contribution in [-0.2, 0) is 20.8 Å². The standard InChI is InChI=1S/C19H26N2O5/c22-17(23)13-21-12-6-2-5-9-15(18(21)24)20-16(19(25)26)11-10-14-7-3-1-4-8-14/h1,3-4,7-8,15-16,20H,2,5-6,9-13H2,(H,22,23)(H,25,26). The van der Waals surface area contributed by atoms with Gasteiger partial charge in [-0.3, -0.25) is 19.7 Å². The van der Waals surface area contributed by atoms with Crippen molar-refractivity contribution in [2.75, 3.05) is 13.1 Å². The van der Waals surface area contributed by atoms with Gasteiger partial charge in [-0.25, -0.2) is 0 Å². The van der Waals surface area contributed by atoms with Crippen molar-refractivity contribution in [2.45, 2.75) is 50.6 Å². The van der Waals surface area contributed by atoms with Gasteiger partial charge < -0.3 is 15.1 Å². The number of likely N-dealkylation sites (tertiary alicyclic amines) is 1. The minimum absolute atomic E-state index is 0.321. The fraction of sp³-hybridized carbons (Fsp3) is 0.526. The van der Waals surface area contributed by atoms with Gasteiger partial charge in [0.25, 0.3) is 0 Å². The number of carbonyl (C=O) groups excluding carboxylic acids is 1. The maximum absolute atomic E-state index is 12.7. The summed E-state index contributed by atoms with van der Waals surface area (Å²) in [5.41, 5.74) is 1.04. The molecule has 0 radical (unpaired) electrons. The predicted octanol–water partition coefficient (Wildman–Crippen LogP) is 1.52. The number of aliphatic carboxylic acids is 2. The summed E-state index contributed by atoms with van der Waals surface area (Å²) in [5, 5.41) is 21.5. The zero-order chi connectivity index (χ0) is 18.9. The van der Waals surface area contributed by atoms with E-state index in [1.807, 2.05) is 30.3 Å². The van der Waals surface area contributed by atoms with Gasteiger partial charge in [0.05, 0.1) is 6.04 Å². The van der Waals surface area contributed by atoms with Gasteiger partial charge >= 0.3 is 11.9 Å². The number of carbonyl (C=O) groups is 3. The molecule has 7 heteroatoms. The van der Waals surface area contributed by atoms with Gasteiger partial charge in [-0.1, -0.05) is 43.2 Å². The maximum atomic E-state index is 12.7. The Bertz CT molecular complexity index is 620. The van der Waals surface area contributed by atoms with E-state index in [0.29, 0.717) is 25.8 Å². The van der Waals surface area contributed by atoms with Crippen LogP contribution in [0.2, 0.25) is 0 Å². The number of benzene rings is 1. The lowest BCUT2D eigenvalue weighted by Gasteiger charge is -2.30. The highest BCUT2D eigenvalue weighted by Crippen LogP contribution is 2.15. The molecule has 1 aliphatic heterocycles.